The maximum atomic E-state index is 6.04. The molecular formula is C19H27NO. The first-order chi connectivity index (χ1) is 10.4. The van der Waals surface area contributed by atoms with Crippen LogP contribution in [0.2, 0.25) is 0 Å². The van der Waals surface area contributed by atoms with Crippen LogP contribution in [-0.4, -0.2) is 19.2 Å². The van der Waals surface area contributed by atoms with E-state index in [0.29, 0.717) is 6.04 Å². The van der Waals surface area contributed by atoms with E-state index in [-0.39, 0.29) is 5.41 Å². The standard InChI is InChI=1S/C19H27NO/c1-2-14-20-18(17-11-6-7-15-21-17)19(12-8-13-19)16-9-4-3-5-10-16/h3-5,9-11,18,20H,2,6-8,12-15H2,1H3. The van der Waals surface area contributed by atoms with Gasteiger partial charge in [-0.2, -0.15) is 0 Å². The molecule has 1 aromatic rings. The minimum atomic E-state index is 0.236. The van der Waals surface area contributed by atoms with Gasteiger partial charge in [0.05, 0.1) is 12.6 Å². The van der Waals surface area contributed by atoms with Gasteiger partial charge in [-0.05, 0) is 50.3 Å². The third-order valence-electron chi connectivity index (χ3n) is 4.99. The van der Waals surface area contributed by atoms with Gasteiger partial charge in [0.25, 0.3) is 0 Å². The van der Waals surface area contributed by atoms with Crippen LogP contribution in [0.15, 0.2) is 42.2 Å². The Morgan fingerprint density at radius 1 is 1.19 bits per heavy atom. The van der Waals surface area contributed by atoms with Crippen LogP contribution in [0.1, 0.15) is 51.0 Å². The molecule has 114 valence electrons. The minimum Gasteiger partial charge on any atom is -0.497 e. The first-order valence-electron chi connectivity index (χ1n) is 8.48. The maximum Gasteiger partial charge on any atom is 0.110 e. The van der Waals surface area contributed by atoms with Crippen LogP contribution in [0.3, 0.4) is 0 Å². The molecule has 0 aromatic heterocycles. The fraction of sp³-hybridized carbons (Fsp3) is 0.579. The summed E-state index contributed by atoms with van der Waals surface area (Å²) < 4.78 is 6.04. The fourth-order valence-electron chi connectivity index (χ4n) is 3.71. The Morgan fingerprint density at radius 2 is 2.00 bits per heavy atom. The van der Waals surface area contributed by atoms with Gasteiger partial charge in [0, 0.05) is 5.41 Å². The van der Waals surface area contributed by atoms with Crippen molar-refractivity contribution < 1.29 is 4.74 Å². The highest BCUT2D eigenvalue weighted by molar-refractivity contribution is 5.34. The molecule has 3 rings (SSSR count). The van der Waals surface area contributed by atoms with Crippen molar-refractivity contribution in [3.8, 4) is 0 Å². The van der Waals surface area contributed by atoms with E-state index >= 15 is 0 Å². The lowest BCUT2D eigenvalue weighted by atomic mass is 9.59. The molecule has 1 atom stereocenters. The van der Waals surface area contributed by atoms with Gasteiger partial charge < -0.3 is 10.1 Å². The second kappa shape index (κ2) is 6.65. The normalized spacial score (nSPS) is 21.9. The van der Waals surface area contributed by atoms with Crippen molar-refractivity contribution in [3.63, 3.8) is 0 Å². The third kappa shape index (κ3) is 2.87. The quantitative estimate of drug-likeness (QED) is 0.847. The van der Waals surface area contributed by atoms with E-state index in [1.807, 2.05) is 0 Å². The molecule has 2 nitrogen and oxygen atoms in total. The highest BCUT2D eigenvalue weighted by Crippen LogP contribution is 2.48. The number of hydrogen-bond donors (Lipinski definition) is 1. The summed E-state index contributed by atoms with van der Waals surface area (Å²) in [5.74, 6) is 1.19. The molecule has 1 aliphatic heterocycles. The van der Waals surface area contributed by atoms with Crippen LogP contribution in [0.25, 0.3) is 0 Å². The Hall–Kier alpha value is -1.28. The van der Waals surface area contributed by atoms with Gasteiger partial charge in [-0.15, -0.1) is 0 Å². The lowest BCUT2D eigenvalue weighted by molar-refractivity contribution is 0.104. The molecule has 1 unspecified atom stereocenters. The Labute approximate surface area is 128 Å². The van der Waals surface area contributed by atoms with Gasteiger partial charge in [-0.3, -0.25) is 0 Å². The maximum absolute atomic E-state index is 6.04. The van der Waals surface area contributed by atoms with Gasteiger partial charge in [-0.25, -0.2) is 0 Å². The van der Waals surface area contributed by atoms with Crippen LogP contribution in [0.5, 0.6) is 0 Å². The Balaban J connectivity index is 1.91. The fourth-order valence-corrected chi connectivity index (χ4v) is 3.71. The molecule has 0 amide bonds. The predicted molar refractivity (Wildman–Crippen MR) is 87.3 cm³/mol. The average Bonchev–Trinajstić information content (AvgIpc) is 2.51. The molecule has 0 saturated heterocycles. The zero-order valence-corrected chi connectivity index (χ0v) is 13.1. The number of ether oxygens (including phenoxy) is 1. The molecular weight excluding hydrogens is 258 g/mol. The smallest absolute Gasteiger partial charge is 0.110 e. The number of nitrogens with one attached hydrogen (secondary N) is 1. The molecule has 0 bridgehead atoms. The van der Waals surface area contributed by atoms with Crippen LogP contribution in [0, 0.1) is 0 Å². The molecule has 1 N–H and O–H groups in total. The second-order valence-electron chi connectivity index (χ2n) is 6.36. The largest absolute Gasteiger partial charge is 0.497 e. The molecule has 1 saturated carbocycles. The summed E-state index contributed by atoms with van der Waals surface area (Å²) in [6.45, 7) is 4.16. The predicted octanol–water partition coefficient (Wildman–Crippen LogP) is 4.17. The van der Waals surface area contributed by atoms with Gasteiger partial charge in [0.15, 0.2) is 0 Å². The summed E-state index contributed by atoms with van der Waals surface area (Å²) in [7, 11) is 0. The summed E-state index contributed by atoms with van der Waals surface area (Å²) in [4.78, 5) is 0. The summed E-state index contributed by atoms with van der Waals surface area (Å²) in [6, 6.07) is 11.4. The van der Waals surface area contributed by atoms with E-state index in [1.54, 1.807) is 0 Å². The SMILES string of the molecule is CCCNC(C1=CCCCO1)C1(c2ccccc2)CCC1. The highest BCUT2D eigenvalue weighted by atomic mass is 16.5. The van der Waals surface area contributed by atoms with Crippen molar-refractivity contribution in [1.29, 1.82) is 0 Å². The van der Waals surface area contributed by atoms with Gasteiger partial charge in [0.2, 0.25) is 0 Å². The van der Waals surface area contributed by atoms with Crippen LogP contribution >= 0.6 is 0 Å². The molecule has 1 aliphatic carbocycles. The molecule has 1 aromatic carbocycles. The molecule has 1 fully saturated rings. The minimum absolute atomic E-state index is 0.236. The molecule has 2 aliphatic rings. The molecule has 2 heteroatoms. The van der Waals surface area contributed by atoms with Crippen LogP contribution in [-0.2, 0) is 10.2 Å². The topological polar surface area (TPSA) is 21.3 Å². The van der Waals surface area contributed by atoms with Crippen molar-refractivity contribution in [2.24, 2.45) is 0 Å². The number of rotatable bonds is 6. The number of hydrogen-bond acceptors (Lipinski definition) is 2. The van der Waals surface area contributed by atoms with Gasteiger partial charge in [-0.1, -0.05) is 43.7 Å². The van der Waals surface area contributed by atoms with E-state index in [1.165, 1.54) is 30.6 Å². The van der Waals surface area contributed by atoms with Crippen LogP contribution < -0.4 is 5.32 Å². The molecule has 0 spiro atoms. The Morgan fingerprint density at radius 3 is 2.57 bits per heavy atom. The van der Waals surface area contributed by atoms with Gasteiger partial charge in [0.1, 0.15) is 5.76 Å². The highest BCUT2D eigenvalue weighted by Gasteiger charge is 2.47. The van der Waals surface area contributed by atoms with E-state index in [9.17, 15) is 0 Å². The van der Waals surface area contributed by atoms with Gasteiger partial charge >= 0.3 is 0 Å². The molecule has 1 heterocycles. The first-order valence-corrected chi connectivity index (χ1v) is 8.48. The summed E-state index contributed by atoms with van der Waals surface area (Å²) in [6.07, 6.45) is 9.64. The Bertz CT molecular complexity index is 476. The monoisotopic (exact) mass is 285 g/mol. The third-order valence-corrected chi connectivity index (χ3v) is 4.99. The zero-order chi connectivity index (χ0) is 14.5. The van der Waals surface area contributed by atoms with Crippen molar-refractivity contribution >= 4 is 0 Å². The first kappa shape index (κ1) is 14.6. The summed E-state index contributed by atoms with van der Waals surface area (Å²) in [5, 5.41) is 3.79. The summed E-state index contributed by atoms with van der Waals surface area (Å²) >= 11 is 0. The second-order valence-corrected chi connectivity index (χ2v) is 6.36. The average molecular weight is 285 g/mol. The van der Waals surface area contributed by atoms with Crippen molar-refractivity contribution in [3.05, 3.63) is 47.7 Å². The summed E-state index contributed by atoms with van der Waals surface area (Å²) in [5.41, 5.74) is 1.71. The lowest BCUT2D eigenvalue weighted by Gasteiger charge is -2.49. The van der Waals surface area contributed by atoms with Crippen molar-refractivity contribution in [1.82, 2.24) is 5.32 Å². The molecule has 0 radical (unpaired) electrons. The number of allylic oxidation sites excluding steroid dienone is 1. The van der Waals surface area contributed by atoms with Crippen molar-refractivity contribution in [2.75, 3.05) is 13.2 Å². The van der Waals surface area contributed by atoms with Crippen LogP contribution in [0.4, 0.5) is 0 Å². The van der Waals surface area contributed by atoms with E-state index in [4.69, 9.17) is 4.74 Å². The van der Waals surface area contributed by atoms with E-state index in [0.717, 1.165) is 32.4 Å². The number of benzene rings is 1. The molecule has 21 heavy (non-hydrogen) atoms. The Kier molecular flexibility index (Phi) is 4.64. The van der Waals surface area contributed by atoms with E-state index in [2.05, 4.69) is 48.6 Å². The van der Waals surface area contributed by atoms with Crippen molar-refractivity contribution in [2.45, 2.75) is 56.9 Å². The zero-order valence-electron chi connectivity index (χ0n) is 13.1. The van der Waals surface area contributed by atoms with E-state index < -0.39 is 0 Å². The lowest BCUT2D eigenvalue weighted by Crippen LogP contribution is -2.54.